The van der Waals surface area contributed by atoms with Crippen LogP contribution in [0.25, 0.3) is 20.8 Å². The molecule has 23 heavy (non-hydrogen) atoms. The van der Waals surface area contributed by atoms with E-state index in [-0.39, 0.29) is 0 Å². The molecule has 3 heteroatoms. The van der Waals surface area contributed by atoms with Crippen LogP contribution < -0.4 is 4.74 Å². The van der Waals surface area contributed by atoms with E-state index in [1.165, 1.54) is 4.70 Å². The van der Waals surface area contributed by atoms with E-state index in [0.29, 0.717) is 6.61 Å². The molecular weight excluding hydrogens is 302 g/mol. The van der Waals surface area contributed by atoms with Crippen molar-refractivity contribution in [3.05, 3.63) is 84.4 Å². The maximum absolute atomic E-state index is 6.01. The van der Waals surface area contributed by atoms with Gasteiger partial charge >= 0.3 is 0 Å². The van der Waals surface area contributed by atoms with Gasteiger partial charge in [0.05, 0.1) is 15.8 Å². The zero-order chi connectivity index (χ0) is 15.5. The fraction of sp³-hybridized carbons (Fsp3) is 0.0500. The Bertz CT molecular complexity index is 897. The van der Waals surface area contributed by atoms with E-state index in [4.69, 9.17) is 9.72 Å². The molecule has 0 amide bonds. The lowest BCUT2D eigenvalue weighted by Gasteiger charge is -2.09. The minimum Gasteiger partial charge on any atom is -0.488 e. The number of aromatic nitrogens is 1. The molecule has 0 aliphatic heterocycles. The fourth-order valence-corrected chi connectivity index (χ4v) is 3.40. The van der Waals surface area contributed by atoms with Gasteiger partial charge in [0.1, 0.15) is 17.4 Å². The molecule has 0 saturated heterocycles. The molecule has 1 aromatic heterocycles. The Balaban J connectivity index is 1.66. The highest BCUT2D eigenvalue weighted by molar-refractivity contribution is 7.21. The SMILES string of the molecule is [c]1cccc(OCc2ccccc2)c1-c1nc2ccccc2s1. The Labute approximate surface area is 139 Å². The van der Waals surface area contributed by atoms with Crippen LogP contribution in [0.15, 0.2) is 72.8 Å². The minimum absolute atomic E-state index is 0.538. The number of rotatable bonds is 4. The second-order valence-electron chi connectivity index (χ2n) is 5.17. The predicted molar refractivity (Wildman–Crippen MR) is 94.7 cm³/mol. The molecular formula is C20H14NOS. The number of hydrogen-bond acceptors (Lipinski definition) is 3. The summed E-state index contributed by atoms with van der Waals surface area (Å²) in [7, 11) is 0. The van der Waals surface area contributed by atoms with Gasteiger partial charge in [-0.3, -0.25) is 0 Å². The second-order valence-corrected chi connectivity index (χ2v) is 6.20. The standard InChI is InChI=1S/C20H14NOS/c1-2-8-15(9-3-1)14-22-18-12-6-4-10-16(18)20-21-17-11-5-7-13-19(17)23-20/h1-9,11-13H,14H2. The van der Waals surface area contributed by atoms with Crippen LogP contribution in [0.4, 0.5) is 0 Å². The zero-order valence-corrected chi connectivity index (χ0v) is 13.2. The molecule has 0 atom stereocenters. The topological polar surface area (TPSA) is 22.1 Å². The Hall–Kier alpha value is -2.65. The molecule has 0 aliphatic rings. The smallest absolute Gasteiger partial charge is 0.130 e. The van der Waals surface area contributed by atoms with Crippen LogP contribution in [0.3, 0.4) is 0 Å². The third kappa shape index (κ3) is 2.96. The molecule has 0 aliphatic carbocycles. The van der Waals surface area contributed by atoms with Gasteiger partial charge in [0.15, 0.2) is 0 Å². The summed E-state index contributed by atoms with van der Waals surface area (Å²) >= 11 is 1.66. The third-order valence-electron chi connectivity index (χ3n) is 3.56. The maximum atomic E-state index is 6.01. The quantitative estimate of drug-likeness (QED) is 0.507. The molecule has 1 heterocycles. The summed E-state index contributed by atoms with van der Waals surface area (Å²) in [5, 5.41) is 0.940. The number of thiazole rings is 1. The van der Waals surface area contributed by atoms with Crippen LogP contribution >= 0.6 is 11.3 Å². The molecule has 0 bridgehead atoms. The number of hydrogen-bond donors (Lipinski definition) is 0. The highest BCUT2D eigenvalue weighted by Gasteiger charge is 2.11. The van der Waals surface area contributed by atoms with Crippen molar-refractivity contribution in [3.63, 3.8) is 0 Å². The van der Waals surface area contributed by atoms with Gasteiger partial charge in [-0.1, -0.05) is 54.6 Å². The largest absolute Gasteiger partial charge is 0.488 e. The van der Waals surface area contributed by atoms with Gasteiger partial charge in [0.2, 0.25) is 0 Å². The van der Waals surface area contributed by atoms with Crippen LogP contribution in [-0.2, 0) is 6.61 Å². The van der Waals surface area contributed by atoms with E-state index in [9.17, 15) is 0 Å². The Morgan fingerprint density at radius 1 is 0.913 bits per heavy atom. The van der Waals surface area contributed by atoms with E-state index in [2.05, 4.69) is 24.3 Å². The van der Waals surface area contributed by atoms with Crippen LogP contribution in [0, 0.1) is 6.07 Å². The minimum atomic E-state index is 0.538. The fourth-order valence-electron chi connectivity index (χ4n) is 2.42. The molecule has 0 unspecified atom stereocenters. The summed E-state index contributed by atoms with van der Waals surface area (Å²) < 4.78 is 7.18. The Morgan fingerprint density at radius 3 is 2.61 bits per heavy atom. The first kappa shape index (κ1) is 14.0. The van der Waals surface area contributed by atoms with Gasteiger partial charge in [-0.05, 0) is 29.8 Å². The van der Waals surface area contributed by atoms with Crippen molar-refractivity contribution in [3.8, 4) is 16.3 Å². The van der Waals surface area contributed by atoms with Crippen molar-refractivity contribution in [2.45, 2.75) is 6.61 Å². The van der Waals surface area contributed by atoms with Crippen molar-refractivity contribution in [1.29, 1.82) is 0 Å². The average molecular weight is 316 g/mol. The summed E-state index contributed by atoms with van der Waals surface area (Å²) in [5.41, 5.74) is 3.08. The summed E-state index contributed by atoms with van der Waals surface area (Å²) in [6.45, 7) is 0.538. The van der Waals surface area contributed by atoms with Crippen LogP contribution in [0.2, 0.25) is 0 Å². The first-order valence-corrected chi connectivity index (χ1v) is 8.25. The third-order valence-corrected chi connectivity index (χ3v) is 4.62. The number of para-hydroxylation sites is 1. The van der Waals surface area contributed by atoms with Crippen LogP contribution in [-0.4, -0.2) is 4.98 Å². The van der Waals surface area contributed by atoms with Gasteiger partial charge < -0.3 is 4.74 Å². The average Bonchev–Trinajstić information content (AvgIpc) is 3.05. The molecule has 0 saturated carbocycles. The van der Waals surface area contributed by atoms with Gasteiger partial charge in [-0.25, -0.2) is 4.98 Å². The maximum Gasteiger partial charge on any atom is 0.130 e. The van der Waals surface area contributed by atoms with Gasteiger partial charge in [-0.15, -0.1) is 11.3 Å². The van der Waals surface area contributed by atoms with Gasteiger partial charge in [0, 0.05) is 0 Å². The monoisotopic (exact) mass is 316 g/mol. The lowest BCUT2D eigenvalue weighted by atomic mass is 10.2. The highest BCUT2D eigenvalue weighted by Crippen LogP contribution is 2.35. The van der Waals surface area contributed by atoms with Crippen molar-refractivity contribution in [2.75, 3.05) is 0 Å². The molecule has 111 valence electrons. The molecule has 4 rings (SSSR count). The number of benzene rings is 3. The molecule has 0 N–H and O–H groups in total. The van der Waals surface area contributed by atoms with E-state index >= 15 is 0 Å². The van der Waals surface area contributed by atoms with E-state index in [1.807, 2.05) is 54.6 Å². The van der Waals surface area contributed by atoms with Crippen molar-refractivity contribution >= 4 is 21.6 Å². The van der Waals surface area contributed by atoms with Gasteiger partial charge in [0.25, 0.3) is 0 Å². The summed E-state index contributed by atoms with van der Waals surface area (Å²) in [4.78, 5) is 4.71. The molecule has 1 radical (unpaired) electrons. The van der Waals surface area contributed by atoms with Crippen molar-refractivity contribution in [2.24, 2.45) is 0 Å². The number of ether oxygens (including phenoxy) is 1. The summed E-state index contributed by atoms with van der Waals surface area (Å²) in [6, 6.07) is 27.4. The highest BCUT2D eigenvalue weighted by atomic mass is 32.1. The zero-order valence-electron chi connectivity index (χ0n) is 12.4. The lowest BCUT2D eigenvalue weighted by molar-refractivity contribution is 0.307. The van der Waals surface area contributed by atoms with Crippen LogP contribution in [0.1, 0.15) is 5.56 Å². The van der Waals surface area contributed by atoms with E-state index in [1.54, 1.807) is 11.3 Å². The number of fused-ring (bicyclic) bond motifs is 1. The molecule has 0 spiro atoms. The van der Waals surface area contributed by atoms with E-state index in [0.717, 1.165) is 27.4 Å². The molecule has 4 aromatic rings. The first-order chi connectivity index (χ1) is 11.4. The molecule has 2 nitrogen and oxygen atoms in total. The summed E-state index contributed by atoms with van der Waals surface area (Å²) in [5.74, 6) is 0.815. The lowest BCUT2D eigenvalue weighted by Crippen LogP contribution is -1.96. The van der Waals surface area contributed by atoms with E-state index < -0.39 is 0 Å². The second kappa shape index (κ2) is 6.23. The van der Waals surface area contributed by atoms with Crippen molar-refractivity contribution < 1.29 is 4.74 Å². The predicted octanol–water partition coefficient (Wildman–Crippen LogP) is 5.34. The van der Waals surface area contributed by atoms with Crippen molar-refractivity contribution in [1.82, 2.24) is 4.98 Å². The molecule has 3 aromatic carbocycles. The normalized spacial score (nSPS) is 10.8. The molecule has 0 fully saturated rings. The Morgan fingerprint density at radius 2 is 1.74 bits per heavy atom. The summed E-state index contributed by atoms with van der Waals surface area (Å²) in [6.07, 6.45) is 0. The first-order valence-electron chi connectivity index (χ1n) is 7.43. The van der Waals surface area contributed by atoms with Crippen LogP contribution in [0.5, 0.6) is 5.75 Å². The number of nitrogens with zero attached hydrogens (tertiary/aromatic N) is 1. The Kier molecular flexibility index (Phi) is 3.78. The van der Waals surface area contributed by atoms with Gasteiger partial charge in [-0.2, -0.15) is 0 Å².